The van der Waals surface area contributed by atoms with Crippen LogP contribution in [0, 0.1) is 5.82 Å². The van der Waals surface area contributed by atoms with Crippen LogP contribution in [0.25, 0.3) is 0 Å². The van der Waals surface area contributed by atoms with Gasteiger partial charge in [-0.15, -0.1) is 0 Å². The highest BCUT2D eigenvalue weighted by atomic mass is 79.9. The van der Waals surface area contributed by atoms with Gasteiger partial charge in [0.25, 0.3) is 11.8 Å². The molecular formula is C22H17BrFN3O2. The zero-order valence-electron chi connectivity index (χ0n) is 15.4. The van der Waals surface area contributed by atoms with E-state index in [1.807, 2.05) is 24.3 Å². The third-order valence-electron chi connectivity index (χ3n) is 4.09. The van der Waals surface area contributed by atoms with Gasteiger partial charge < -0.3 is 5.32 Å². The minimum atomic E-state index is -0.614. The summed E-state index contributed by atoms with van der Waals surface area (Å²) < 4.78 is 14.7. The molecule has 3 rings (SSSR count). The first-order valence-electron chi connectivity index (χ1n) is 8.70. The van der Waals surface area contributed by atoms with Gasteiger partial charge in [-0.2, -0.15) is 5.10 Å². The Morgan fingerprint density at radius 3 is 2.34 bits per heavy atom. The summed E-state index contributed by atoms with van der Waals surface area (Å²) in [5, 5.41) is 6.71. The molecule has 0 aromatic heterocycles. The van der Waals surface area contributed by atoms with E-state index in [0.29, 0.717) is 17.0 Å². The Morgan fingerprint density at radius 1 is 0.897 bits per heavy atom. The van der Waals surface area contributed by atoms with Crippen molar-refractivity contribution in [3.05, 3.63) is 99.8 Å². The largest absolute Gasteiger partial charge is 0.322 e. The number of hydrogen-bond donors (Lipinski definition) is 2. The summed E-state index contributed by atoms with van der Waals surface area (Å²) in [6.45, 7) is 1.79. The Bertz CT molecular complexity index is 1080. The third kappa shape index (κ3) is 5.36. The number of nitrogens with one attached hydrogen (secondary N) is 2. The first-order chi connectivity index (χ1) is 13.9. The molecule has 7 heteroatoms. The molecular weight excluding hydrogens is 437 g/mol. The van der Waals surface area contributed by atoms with Crippen molar-refractivity contribution >= 4 is 39.1 Å². The lowest BCUT2D eigenvalue weighted by molar-refractivity contribution is 0.0953. The smallest absolute Gasteiger partial charge is 0.271 e. The molecule has 0 fully saturated rings. The van der Waals surface area contributed by atoms with E-state index in [-0.39, 0.29) is 5.56 Å². The fourth-order valence-electron chi connectivity index (χ4n) is 2.54. The molecule has 0 spiro atoms. The number of amides is 2. The van der Waals surface area contributed by atoms with E-state index in [9.17, 15) is 14.0 Å². The Labute approximate surface area is 175 Å². The number of hydrazone groups is 1. The number of halogens is 2. The van der Waals surface area contributed by atoms with Crippen molar-refractivity contribution < 1.29 is 14.0 Å². The van der Waals surface area contributed by atoms with Crippen molar-refractivity contribution in [3.63, 3.8) is 0 Å². The molecule has 0 unspecified atom stereocenters. The van der Waals surface area contributed by atoms with Crippen LogP contribution in [0.15, 0.2) is 82.4 Å². The Kier molecular flexibility index (Phi) is 6.51. The molecule has 0 saturated heterocycles. The van der Waals surface area contributed by atoms with E-state index in [1.165, 1.54) is 24.3 Å². The average molecular weight is 454 g/mol. The van der Waals surface area contributed by atoms with Gasteiger partial charge >= 0.3 is 0 Å². The van der Waals surface area contributed by atoms with Crippen molar-refractivity contribution in [1.29, 1.82) is 0 Å². The summed E-state index contributed by atoms with van der Waals surface area (Å²) >= 11 is 3.37. The molecule has 0 radical (unpaired) electrons. The van der Waals surface area contributed by atoms with E-state index in [2.05, 4.69) is 31.8 Å². The van der Waals surface area contributed by atoms with Gasteiger partial charge in [0.1, 0.15) is 5.82 Å². The monoisotopic (exact) mass is 453 g/mol. The topological polar surface area (TPSA) is 70.6 Å². The van der Waals surface area contributed by atoms with Gasteiger partial charge in [-0.25, -0.2) is 9.82 Å². The molecule has 146 valence electrons. The molecule has 3 aromatic carbocycles. The van der Waals surface area contributed by atoms with Gasteiger partial charge in [-0.05, 0) is 55.0 Å². The van der Waals surface area contributed by atoms with Crippen LogP contribution in [0.4, 0.5) is 10.1 Å². The van der Waals surface area contributed by atoms with E-state index in [0.717, 1.165) is 10.0 Å². The average Bonchev–Trinajstić information content (AvgIpc) is 2.72. The van der Waals surface area contributed by atoms with Gasteiger partial charge in [0.2, 0.25) is 0 Å². The molecule has 0 bridgehead atoms. The fraction of sp³-hybridized carbons (Fsp3) is 0.0455. The maximum Gasteiger partial charge on any atom is 0.271 e. The summed E-state index contributed by atoms with van der Waals surface area (Å²) in [6.07, 6.45) is 0. The molecule has 5 nitrogen and oxygen atoms in total. The highest BCUT2D eigenvalue weighted by Gasteiger charge is 2.12. The lowest BCUT2D eigenvalue weighted by Crippen LogP contribution is -2.20. The first kappa shape index (κ1) is 20.4. The van der Waals surface area contributed by atoms with Crippen LogP contribution >= 0.6 is 15.9 Å². The van der Waals surface area contributed by atoms with E-state index in [1.54, 1.807) is 31.2 Å². The second-order valence-electron chi connectivity index (χ2n) is 6.16. The van der Waals surface area contributed by atoms with E-state index >= 15 is 0 Å². The second kappa shape index (κ2) is 9.25. The van der Waals surface area contributed by atoms with Gasteiger partial charge in [0.05, 0.1) is 11.3 Å². The zero-order valence-corrected chi connectivity index (χ0v) is 17.0. The molecule has 29 heavy (non-hydrogen) atoms. The number of carbonyl (C=O) groups excluding carboxylic acids is 2. The quantitative estimate of drug-likeness (QED) is 0.421. The minimum absolute atomic E-state index is 0.0722. The maximum atomic E-state index is 13.7. The number of benzene rings is 3. The van der Waals surface area contributed by atoms with Crippen molar-refractivity contribution in [2.45, 2.75) is 6.92 Å². The van der Waals surface area contributed by atoms with Crippen molar-refractivity contribution in [2.75, 3.05) is 5.32 Å². The van der Waals surface area contributed by atoms with Gasteiger partial charge in [-0.1, -0.05) is 46.3 Å². The highest BCUT2D eigenvalue weighted by molar-refractivity contribution is 9.10. The number of hydrogen-bond acceptors (Lipinski definition) is 3. The van der Waals surface area contributed by atoms with Crippen LogP contribution in [-0.4, -0.2) is 17.5 Å². The molecule has 0 aliphatic carbocycles. The predicted octanol–water partition coefficient (Wildman–Crippen LogP) is 4.99. The fourth-order valence-corrected chi connectivity index (χ4v) is 2.80. The number of rotatable bonds is 5. The number of carbonyl (C=O) groups is 2. The highest BCUT2D eigenvalue weighted by Crippen LogP contribution is 2.14. The van der Waals surface area contributed by atoms with Crippen LogP contribution in [0.2, 0.25) is 0 Å². The standard InChI is InChI=1S/C22H17BrFN3O2/c1-14(15-9-11-17(23)12-10-15)26-27-21(28)16-5-4-6-18(13-16)25-22(29)19-7-2-3-8-20(19)24/h2-13H,1H3,(H,25,29)(H,27,28). The van der Waals surface area contributed by atoms with Gasteiger partial charge in [0.15, 0.2) is 0 Å². The summed E-state index contributed by atoms with van der Waals surface area (Å²) in [6, 6.07) is 19.6. The van der Waals surface area contributed by atoms with Crippen molar-refractivity contribution in [3.8, 4) is 0 Å². The molecule has 2 N–H and O–H groups in total. The predicted molar refractivity (Wildman–Crippen MR) is 115 cm³/mol. The molecule has 0 saturated carbocycles. The molecule has 3 aromatic rings. The Balaban J connectivity index is 1.69. The lowest BCUT2D eigenvalue weighted by Gasteiger charge is -2.08. The summed E-state index contributed by atoms with van der Waals surface area (Å²) in [5.74, 6) is -1.63. The van der Waals surface area contributed by atoms with E-state index in [4.69, 9.17) is 0 Å². The minimum Gasteiger partial charge on any atom is -0.322 e. The van der Waals surface area contributed by atoms with Crippen LogP contribution in [-0.2, 0) is 0 Å². The molecule has 0 aliphatic rings. The third-order valence-corrected chi connectivity index (χ3v) is 4.62. The van der Waals surface area contributed by atoms with E-state index < -0.39 is 17.6 Å². The summed E-state index contributed by atoms with van der Waals surface area (Å²) in [5.41, 5.74) is 4.63. The molecule has 0 aliphatic heterocycles. The first-order valence-corrected chi connectivity index (χ1v) is 9.50. The Hall–Kier alpha value is -3.32. The zero-order chi connectivity index (χ0) is 20.8. The second-order valence-corrected chi connectivity index (χ2v) is 7.08. The summed E-state index contributed by atoms with van der Waals surface area (Å²) in [4.78, 5) is 24.6. The number of nitrogens with zero attached hydrogens (tertiary/aromatic N) is 1. The SMILES string of the molecule is CC(=NNC(=O)c1cccc(NC(=O)c2ccccc2F)c1)c1ccc(Br)cc1. The molecule has 2 amide bonds. The van der Waals surface area contributed by atoms with Gasteiger partial charge in [-0.3, -0.25) is 9.59 Å². The number of anilines is 1. The summed E-state index contributed by atoms with van der Waals surface area (Å²) in [7, 11) is 0. The van der Waals surface area contributed by atoms with Crippen LogP contribution in [0.1, 0.15) is 33.2 Å². The molecule has 0 heterocycles. The Morgan fingerprint density at radius 2 is 1.62 bits per heavy atom. The van der Waals surface area contributed by atoms with Crippen LogP contribution in [0.3, 0.4) is 0 Å². The maximum absolute atomic E-state index is 13.7. The van der Waals surface area contributed by atoms with Crippen molar-refractivity contribution in [2.24, 2.45) is 5.10 Å². The van der Waals surface area contributed by atoms with Crippen LogP contribution in [0.5, 0.6) is 0 Å². The van der Waals surface area contributed by atoms with Crippen molar-refractivity contribution in [1.82, 2.24) is 5.43 Å². The molecule has 0 atom stereocenters. The van der Waals surface area contributed by atoms with Gasteiger partial charge in [0, 0.05) is 15.7 Å². The lowest BCUT2D eigenvalue weighted by atomic mass is 10.1. The van der Waals surface area contributed by atoms with Crippen LogP contribution < -0.4 is 10.7 Å². The normalized spacial score (nSPS) is 11.1.